The van der Waals surface area contributed by atoms with Gasteiger partial charge >= 0.3 is 5.97 Å². The van der Waals surface area contributed by atoms with Crippen LogP contribution in [0.5, 0.6) is 0 Å². The molecule has 2 rings (SSSR count). The fraction of sp³-hybridized carbons (Fsp3) is 0.364. The number of non-ortho nitro benzene ring substituents is 1. The Labute approximate surface area is 122 Å². The lowest BCUT2D eigenvalue weighted by atomic mass is 9.98. The minimum absolute atomic E-state index is 0.0259. The van der Waals surface area contributed by atoms with Crippen molar-refractivity contribution in [2.75, 3.05) is 18.5 Å². The van der Waals surface area contributed by atoms with Gasteiger partial charge in [-0.2, -0.15) is 0 Å². The summed E-state index contributed by atoms with van der Waals surface area (Å²) in [6, 6.07) is 4.26. The Morgan fingerprint density at radius 1 is 1.58 bits per heavy atom. The fourth-order valence-corrected chi connectivity index (χ4v) is 2.50. The van der Waals surface area contributed by atoms with E-state index in [1.165, 1.54) is 18.2 Å². The highest BCUT2D eigenvalue weighted by Gasteiger charge is 2.42. The Morgan fingerprint density at radius 3 is 2.79 bits per heavy atom. The molecule has 1 aromatic carbocycles. The van der Waals surface area contributed by atoms with Crippen molar-refractivity contribution in [2.45, 2.75) is 12.0 Å². The number of halogens is 1. The summed E-state index contributed by atoms with van der Waals surface area (Å²) >= 11 is 1.94. The number of aliphatic carboxylic acids is 1. The number of nitro groups is 1. The Hall–Kier alpha value is -1.42. The van der Waals surface area contributed by atoms with E-state index in [9.17, 15) is 20.0 Å². The molecule has 19 heavy (non-hydrogen) atoms. The Morgan fingerprint density at radius 2 is 2.32 bits per heavy atom. The summed E-state index contributed by atoms with van der Waals surface area (Å²) in [5.41, 5.74) is -0.628. The van der Waals surface area contributed by atoms with Crippen LogP contribution < -0.4 is 5.32 Å². The molecule has 0 saturated carbocycles. The highest BCUT2D eigenvalue weighted by Crippen LogP contribution is 2.29. The molecule has 1 atom stereocenters. The first-order valence-electron chi connectivity index (χ1n) is 5.48. The number of rotatable bonds is 4. The first-order valence-corrected chi connectivity index (χ1v) is 6.56. The van der Waals surface area contributed by atoms with Crippen molar-refractivity contribution < 1.29 is 19.6 Å². The van der Waals surface area contributed by atoms with Gasteiger partial charge in [0, 0.05) is 34.4 Å². The molecule has 2 N–H and O–H groups in total. The monoisotopic (exact) mass is 378 g/mol. The third-order valence-corrected chi connectivity index (χ3v) is 3.86. The molecule has 0 spiro atoms. The van der Waals surface area contributed by atoms with E-state index in [0.29, 0.717) is 22.3 Å². The van der Waals surface area contributed by atoms with Gasteiger partial charge in [0.15, 0.2) is 5.54 Å². The van der Waals surface area contributed by atoms with Crippen molar-refractivity contribution >= 4 is 39.9 Å². The van der Waals surface area contributed by atoms with Gasteiger partial charge in [0.2, 0.25) is 0 Å². The second-order valence-electron chi connectivity index (χ2n) is 4.24. The normalized spacial score (nSPS) is 22.2. The molecule has 0 aliphatic carbocycles. The van der Waals surface area contributed by atoms with Crippen molar-refractivity contribution in [2.24, 2.45) is 0 Å². The van der Waals surface area contributed by atoms with Crippen LogP contribution in [0.4, 0.5) is 11.4 Å². The van der Waals surface area contributed by atoms with Crippen LogP contribution in [0.3, 0.4) is 0 Å². The number of nitrogens with one attached hydrogen (secondary N) is 1. The number of benzene rings is 1. The van der Waals surface area contributed by atoms with Gasteiger partial charge in [0.05, 0.1) is 11.5 Å². The topological polar surface area (TPSA) is 102 Å². The smallest absolute Gasteiger partial charge is 0.331 e. The van der Waals surface area contributed by atoms with Crippen molar-refractivity contribution in [3.8, 4) is 0 Å². The van der Waals surface area contributed by atoms with E-state index in [1.54, 1.807) is 0 Å². The molecule has 0 bridgehead atoms. The van der Waals surface area contributed by atoms with Crippen molar-refractivity contribution in [3.05, 3.63) is 31.9 Å². The van der Waals surface area contributed by atoms with Crippen molar-refractivity contribution in [1.29, 1.82) is 0 Å². The Balaban J connectivity index is 2.28. The molecule has 102 valence electrons. The number of carbonyl (C=O) groups is 1. The van der Waals surface area contributed by atoms with Crippen LogP contribution in [0.1, 0.15) is 6.42 Å². The zero-order valence-electron chi connectivity index (χ0n) is 9.76. The zero-order chi connectivity index (χ0) is 14.0. The van der Waals surface area contributed by atoms with Crippen LogP contribution in [0.15, 0.2) is 18.2 Å². The number of hydrogen-bond acceptors (Lipinski definition) is 5. The first kappa shape index (κ1) is 14.0. The molecule has 1 aromatic rings. The number of carboxylic acid groups (broad SMARTS) is 1. The third kappa shape index (κ3) is 2.78. The molecule has 0 radical (unpaired) electrons. The van der Waals surface area contributed by atoms with Gasteiger partial charge in [-0.1, -0.05) is 0 Å². The number of nitrogens with zero attached hydrogens (tertiary/aromatic N) is 1. The Kier molecular flexibility index (Phi) is 3.90. The molecule has 1 aliphatic rings. The van der Waals surface area contributed by atoms with E-state index >= 15 is 0 Å². The minimum Gasteiger partial charge on any atom is -0.479 e. The van der Waals surface area contributed by atoms with Crippen LogP contribution in [0.25, 0.3) is 0 Å². The minimum atomic E-state index is -1.16. The van der Waals surface area contributed by atoms with Gasteiger partial charge in [-0.15, -0.1) is 0 Å². The molecular formula is C11H11IN2O5. The van der Waals surface area contributed by atoms with Gasteiger partial charge in [-0.3, -0.25) is 10.1 Å². The maximum atomic E-state index is 11.4. The lowest BCUT2D eigenvalue weighted by molar-refractivity contribution is -0.384. The Bertz CT molecular complexity index is 528. The van der Waals surface area contributed by atoms with E-state index in [-0.39, 0.29) is 12.3 Å². The maximum absolute atomic E-state index is 11.4. The first-order chi connectivity index (χ1) is 8.94. The second-order valence-corrected chi connectivity index (χ2v) is 5.40. The molecule has 1 unspecified atom stereocenters. The van der Waals surface area contributed by atoms with Gasteiger partial charge in [-0.25, -0.2) is 4.79 Å². The van der Waals surface area contributed by atoms with Gasteiger partial charge in [0.1, 0.15) is 0 Å². The molecule has 8 heteroatoms. The second kappa shape index (κ2) is 5.29. The van der Waals surface area contributed by atoms with E-state index in [1.807, 2.05) is 22.6 Å². The summed E-state index contributed by atoms with van der Waals surface area (Å²) in [6.45, 7) is 0.457. The zero-order valence-corrected chi connectivity index (χ0v) is 11.9. The number of ether oxygens (including phenoxy) is 1. The van der Waals surface area contributed by atoms with Crippen LogP contribution in [0.2, 0.25) is 0 Å². The summed E-state index contributed by atoms with van der Waals surface area (Å²) in [4.78, 5) is 21.5. The SMILES string of the molecule is O=C(O)C1(Nc2ccc([N+](=O)[O-])cc2I)CCOC1. The van der Waals surface area contributed by atoms with Crippen molar-refractivity contribution in [3.63, 3.8) is 0 Å². The predicted octanol–water partition coefficient (Wildman–Crippen LogP) is 1.85. The van der Waals surface area contributed by atoms with Crippen LogP contribution in [0, 0.1) is 13.7 Å². The van der Waals surface area contributed by atoms with Crippen LogP contribution in [-0.2, 0) is 9.53 Å². The number of nitro benzene ring substituents is 1. The van der Waals surface area contributed by atoms with E-state index in [4.69, 9.17) is 4.74 Å². The average Bonchev–Trinajstić information content (AvgIpc) is 2.81. The molecular weight excluding hydrogens is 367 g/mol. The molecule has 0 amide bonds. The molecule has 1 fully saturated rings. The van der Waals surface area contributed by atoms with Gasteiger partial charge < -0.3 is 15.2 Å². The van der Waals surface area contributed by atoms with Crippen LogP contribution in [-0.4, -0.2) is 34.8 Å². The molecule has 0 aromatic heterocycles. The van der Waals surface area contributed by atoms with Gasteiger partial charge in [0.25, 0.3) is 5.69 Å². The third-order valence-electron chi connectivity index (χ3n) is 2.97. The standard InChI is InChI=1S/C11H11IN2O5/c12-8-5-7(14(17)18)1-2-9(8)13-11(10(15)16)3-4-19-6-11/h1-2,5,13H,3-4,6H2,(H,15,16). The lowest BCUT2D eigenvalue weighted by Gasteiger charge is -2.25. The quantitative estimate of drug-likeness (QED) is 0.471. The highest BCUT2D eigenvalue weighted by molar-refractivity contribution is 14.1. The molecule has 1 saturated heterocycles. The molecule has 7 nitrogen and oxygen atoms in total. The average molecular weight is 378 g/mol. The summed E-state index contributed by atoms with van der Waals surface area (Å²) in [6.07, 6.45) is 0.357. The largest absolute Gasteiger partial charge is 0.479 e. The van der Waals surface area contributed by atoms with E-state index < -0.39 is 16.4 Å². The maximum Gasteiger partial charge on any atom is 0.331 e. The molecule has 1 aliphatic heterocycles. The summed E-state index contributed by atoms with van der Waals surface area (Å²) in [5, 5.41) is 22.9. The van der Waals surface area contributed by atoms with Gasteiger partial charge in [-0.05, 0) is 28.7 Å². The predicted molar refractivity (Wildman–Crippen MR) is 75.2 cm³/mol. The summed E-state index contributed by atoms with van der Waals surface area (Å²) in [5.74, 6) is -0.987. The van der Waals surface area contributed by atoms with E-state index in [2.05, 4.69) is 5.32 Å². The number of hydrogen-bond donors (Lipinski definition) is 2. The van der Waals surface area contributed by atoms with E-state index in [0.717, 1.165) is 0 Å². The number of carboxylic acids is 1. The molecule has 1 heterocycles. The summed E-state index contributed by atoms with van der Waals surface area (Å²) < 4.78 is 5.74. The highest BCUT2D eigenvalue weighted by atomic mass is 127. The number of anilines is 1. The fourth-order valence-electron chi connectivity index (χ4n) is 1.86. The van der Waals surface area contributed by atoms with Crippen LogP contribution >= 0.6 is 22.6 Å². The summed E-state index contributed by atoms with van der Waals surface area (Å²) in [7, 11) is 0. The van der Waals surface area contributed by atoms with Crippen molar-refractivity contribution in [1.82, 2.24) is 0 Å². The lowest BCUT2D eigenvalue weighted by Crippen LogP contribution is -2.47.